The van der Waals surface area contributed by atoms with Gasteiger partial charge >= 0.3 is 6.18 Å². The summed E-state index contributed by atoms with van der Waals surface area (Å²) >= 11 is 6.01. The van der Waals surface area contributed by atoms with Crippen LogP contribution in [0.2, 0.25) is 5.02 Å². The highest BCUT2D eigenvalue weighted by Gasteiger charge is 2.36. The number of nitrogens with zero attached hydrogens (tertiary/aromatic N) is 2. The number of amides is 1. The molecule has 0 saturated carbocycles. The number of carbonyl (C=O) groups excluding carboxylic acids is 1. The van der Waals surface area contributed by atoms with Gasteiger partial charge in [-0.25, -0.2) is 4.98 Å². The van der Waals surface area contributed by atoms with E-state index in [1.165, 1.54) is 19.2 Å². The quantitative estimate of drug-likeness (QED) is 0.499. The van der Waals surface area contributed by atoms with Crippen LogP contribution in [-0.2, 0) is 10.9 Å². The topological polar surface area (TPSA) is 82.3 Å². The van der Waals surface area contributed by atoms with Gasteiger partial charge in [0.05, 0.1) is 23.2 Å². The molecule has 3 N–H and O–H groups in total. The van der Waals surface area contributed by atoms with Gasteiger partial charge in [-0.15, -0.1) is 0 Å². The first-order valence-corrected chi connectivity index (χ1v) is 10.8. The van der Waals surface area contributed by atoms with Gasteiger partial charge in [-0.3, -0.25) is 4.79 Å². The van der Waals surface area contributed by atoms with Crippen LogP contribution in [-0.4, -0.2) is 55.8 Å². The van der Waals surface area contributed by atoms with E-state index in [-0.39, 0.29) is 17.9 Å². The zero-order valence-electron chi connectivity index (χ0n) is 17.8. The lowest BCUT2D eigenvalue weighted by Crippen LogP contribution is -2.44. The van der Waals surface area contributed by atoms with Crippen LogP contribution in [0.4, 0.5) is 18.9 Å². The number of ether oxygens (including phenoxy) is 1. The summed E-state index contributed by atoms with van der Waals surface area (Å²) in [7, 11) is 1.46. The Morgan fingerprint density at radius 2 is 2.00 bits per heavy atom. The molecule has 2 aromatic carbocycles. The van der Waals surface area contributed by atoms with E-state index >= 15 is 0 Å². The molecule has 4 rings (SSSR count). The van der Waals surface area contributed by atoms with Crippen LogP contribution in [0.5, 0.6) is 0 Å². The van der Waals surface area contributed by atoms with Crippen LogP contribution in [0.15, 0.2) is 36.4 Å². The van der Waals surface area contributed by atoms with E-state index in [1.54, 1.807) is 23.1 Å². The number of halogens is 4. The van der Waals surface area contributed by atoms with Crippen LogP contribution >= 0.6 is 11.6 Å². The fourth-order valence-corrected chi connectivity index (χ4v) is 4.02. The van der Waals surface area contributed by atoms with Gasteiger partial charge in [0.2, 0.25) is 0 Å². The van der Waals surface area contributed by atoms with Gasteiger partial charge in [0.15, 0.2) is 0 Å². The van der Waals surface area contributed by atoms with Crippen molar-refractivity contribution in [2.24, 2.45) is 0 Å². The number of aromatic amines is 1. The van der Waals surface area contributed by atoms with Crippen molar-refractivity contribution in [3.05, 3.63) is 58.4 Å². The summed E-state index contributed by atoms with van der Waals surface area (Å²) in [4.78, 5) is 22.1. The second-order valence-electron chi connectivity index (χ2n) is 7.73. The molecule has 2 heterocycles. The summed E-state index contributed by atoms with van der Waals surface area (Å²) in [5.74, 6) is -0.246. The third kappa shape index (κ3) is 5.23. The summed E-state index contributed by atoms with van der Waals surface area (Å²) in [6.45, 7) is 2.19. The maximum Gasteiger partial charge on any atom is 0.418 e. The van der Waals surface area contributed by atoms with Crippen molar-refractivity contribution in [1.82, 2.24) is 20.6 Å². The van der Waals surface area contributed by atoms with E-state index in [4.69, 9.17) is 16.3 Å². The molecule has 1 unspecified atom stereocenters. The minimum atomic E-state index is -4.60. The molecule has 3 aromatic rings. The molecule has 1 atom stereocenters. The highest BCUT2D eigenvalue weighted by Crippen LogP contribution is 2.37. The number of H-pyrrole nitrogens is 1. The number of imidazole rings is 1. The first kappa shape index (κ1) is 23.3. The van der Waals surface area contributed by atoms with E-state index < -0.39 is 23.7 Å². The number of aromatic nitrogens is 2. The molecule has 0 bridgehead atoms. The molecule has 1 amide bonds. The zero-order valence-corrected chi connectivity index (χ0v) is 18.6. The number of methoxy groups -OCH3 is 1. The van der Waals surface area contributed by atoms with Gasteiger partial charge < -0.3 is 25.3 Å². The van der Waals surface area contributed by atoms with Crippen molar-refractivity contribution >= 4 is 34.2 Å². The standard InChI is InChI=1S/C22H23ClF3N5O2/c1-33-12-18(20-28-16-4-3-14(23)11-17(16)29-20)30-21(32)13-2-5-19(15(10-13)22(24,25)26)31-8-6-27-7-9-31/h2-5,10-11,18,27H,6-9,12H2,1H3,(H,28,29)(H,30,32). The van der Waals surface area contributed by atoms with Gasteiger partial charge in [-0.1, -0.05) is 11.6 Å². The van der Waals surface area contributed by atoms with Crippen LogP contribution in [0.3, 0.4) is 0 Å². The van der Waals surface area contributed by atoms with E-state index in [0.29, 0.717) is 48.1 Å². The minimum Gasteiger partial charge on any atom is -0.382 e. The smallest absolute Gasteiger partial charge is 0.382 e. The predicted molar refractivity (Wildman–Crippen MR) is 120 cm³/mol. The van der Waals surface area contributed by atoms with Crippen molar-refractivity contribution in [3.63, 3.8) is 0 Å². The number of piperazine rings is 1. The Kier molecular flexibility index (Phi) is 6.78. The third-order valence-corrected chi connectivity index (χ3v) is 5.69. The number of benzene rings is 2. The number of hydrogen-bond donors (Lipinski definition) is 3. The fraction of sp³-hybridized carbons (Fsp3) is 0.364. The molecule has 1 aromatic heterocycles. The molecule has 0 spiro atoms. The maximum atomic E-state index is 13.8. The van der Waals surface area contributed by atoms with Gasteiger partial charge in [0, 0.05) is 49.6 Å². The number of fused-ring (bicyclic) bond motifs is 1. The summed E-state index contributed by atoms with van der Waals surface area (Å²) in [5, 5.41) is 6.36. The van der Waals surface area contributed by atoms with Crippen molar-refractivity contribution in [2.45, 2.75) is 12.2 Å². The molecule has 33 heavy (non-hydrogen) atoms. The Morgan fingerprint density at radius 1 is 1.24 bits per heavy atom. The Hall–Kier alpha value is -2.82. The van der Waals surface area contributed by atoms with Gasteiger partial charge in [0.1, 0.15) is 11.9 Å². The fourth-order valence-electron chi connectivity index (χ4n) is 3.85. The third-order valence-electron chi connectivity index (χ3n) is 5.45. The van der Waals surface area contributed by atoms with Crippen molar-refractivity contribution in [3.8, 4) is 0 Å². The van der Waals surface area contributed by atoms with Crippen LogP contribution in [0.1, 0.15) is 27.8 Å². The highest BCUT2D eigenvalue weighted by atomic mass is 35.5. The largest absolute Gasteiger partial charge is 0.418 e. The average molecular weight is 482 g/mol. The Bertz CT molecular complexity index is 1140. The van der Waals surface area contributed by atoms with Crippen molar-refractivity contribution in [1.29, 1.82) is 0 Å². The van der Waals surface area contributed by atoms with Crippen molar-refractivity contribution < 1.29 is 22.7 Å². The molecule has 1 saturated heterocycles. The molecule has 176 valence electrons. The number of hydrogen-bond acceptors (Lipinski definition) is 5. The lowest BCUT2D eigenvalue weighted by Gasteiger charge is -2.31. The maximum absolute atomic E-state index is 13.8. The SMILES string of the molecule is COCC(NC(=O)c1ccc(N2CCNCC2)c(C(F)(F)F)c1)c1nc2ccc(Cl)cc2[nH]1. The summed E-state index contributed by atoms with van der Waals surface area (Å²) in [6, 6.07) is 8.08. The molecule has 1 aliphatic heterocycles. The molecule has 1 fully saturated rings. The molecule has 1 aliphatic rings. The molecule has 7 nitrogen and oxygen atoms in total. The summed E-state index contributed by atoms with van der Waals surface area (Å²) < 4.78 is 46.7. The van der Waals surface area contributed by atoms with E-state index in [9.17, 15) is 18.0 Å². The van der Waals surface area contributed by atoms with Crippen LogP contribution in [0.25, 0.3) is 11.0 Å². The van der Waals surface area contributed by atoms with Crippen LogP contribution in [0, 0.1) is 0 Å². The van der Waals surface area contributed by atoms with E-state index in [2.05, 4.69) is 20.6 Å². The first-order chi connectivity index (χ1) is 15.8. The Morgan fingerprint density at radius 3 is 2.70 bits per heavy atom. The number of carbonyl (C=O) groups is 1. The van der Waals surface area contributed by atoms with E-state index in [0.717, 1.165) is 6.07 Å². The molecular weight excluding hydrogens is 459 g/mol. The van der Waals surface area contributed by atoms with Crippen molar-refractivity contribution in [2.75, 3.05) is 44.8 Å². The summed E-state index contributed by atoms with van der Waals surface area (Å²) in [6.07, 6.45) is -4.60. The van der Waals surface area contributed by atoms with Crippen LogP contribution < -0.4 is 15.5 Å². The molecular formula is C22H23ClF3N5O2. The molecule has 0 radical (unpaired) electrons. The summed E-state index contributed by atoms with van der Waals surface area (Å²) in [5.41, 5.74) is 0.459. The predicted octanol–water partition coefficient (Wildman–Crippen LogP) is 3.76. The lowest BCUT2D eigenvalue weighted by atomic mass is 10.1. The molecule has 0 aliphatic carbocycles. The van der Waals surface area contributed by atoms with Gasteiger partial charge in [0.25, 0.3) is 5.91 Å². The number of alkyl halides is 3. The second kappa shape index (κ2) is 9.58. The normalized spacial score (nSPS) is 15.6. The van der Waals surface area contributed by atoms with Gasteiger partial charge in [-0.2, -0.15) is 13.2 Å². The van der Waals surface area contributed by atoms with E-state index in [1.807, 2.05) is 0 Å². The van der Waals surface area contributed by atoms with Gasteiger partial charge in [-0.05, 0) is 36.4 Å². The number of rotatable bonds is 6. The highest BCUT2D eigenvalue weighted by molar-refractivity contribution is 6.31. The Balaban J connectivity index is 1.61. The molecule has 11 heteroatoms. The first-order valence-electron chi connectivity index (χ1n) is 10.4. The Labute approximate surface area is 193 Å². The minimum absolute atomic E-state index is 0.0724. The number of nitrogens with one attached hydrogen (secondary N) is 3. The monoisotopic (exact) mass is 481 g/mol. The second-order valence-corrected chi connectivity index (χ2v) is 8.17. The lowest BCUT2D eigenvalue weighted by molar-refractivity contribution is -0.137. The average Bonchev–Trinajstić information content (AvgIpc) is 3.21. The zero-order chi connectivity index (χ0) is 23.6. The number of anilines is 1.